The van der Waals surface area contributed by atoms with Crippen LogP contribution in [0.2, 0.25) is 0 Å². The van der Waals surface area contributed by atoms with Crippen LogP contribution in [-0.2, 0) is 4.79 Å². The lowest BCUT2D eigenvalue weighted by molar-refractivity contribution is -0.129. The first-order chi connectivity index (χ1) is 7.60. The maximum Gasteiger partial charge on any atom is 0.240 e. The van der Waals surface area contributed by atoms with Crippen molar-refractivity contribution >= 4 is 5.91 Å². The van der Waals surface area contributed by atoms with E-state index in [9.17, 15) is 9.90 Å². The highest BCUT2D eigenvalue weighted by Crippen LogP contribution is 2.37. The molecule has 1 amide bonds. The van der Waals surface area contributed by atoms with Gasteiger partial charge in [-0.15, -0.1) is 0 Å². The molecular weight excluding hydrogens is 204 g/mol. The van der Waals surface area contributed by atoms with Crippen molar-refractivity contribution in [2.24, 2.45) is 11.1 Å². The van der Waals surface area contributed by atoms with Crippen LogP contribution in [0, 0.1) is 5.41 Å². The van der Waals surface area contributed by atoms with Gasteiger partial charge in [0.05, 0.1) is 12.1 Å². The lowest BCUT2D eigenvalue weighted by Crippen LogP contribution is -2.59. The molecule has 0 aliphatic heterocycles. The van der Waals surface area contributed by atoms with Crippen molar-refractivity contribution in [3.63, 3.8) is 0 Å². The van der Waals surface area contributed by atoms with Crippen LogP contribution in [0.15, 0.2) is 0 Å². The summed E-state index contributed by atoms with van der Waals surface area (Å²) in [4.78, 5) is 11.8. The normalized spacial score (nSPS) is 26.1. The van der Waals surface area contributed by atoms with Gasteiger partial charge >= 0.3 is 0 Å². The molecule has 4 nitrogen and oxygen atoms in total. The molecule has 0 atom stereocenters. The molecule has 0 spiro atoms. The Morgan fingerprint density at radius 3 is 2.25 bits per heavy atom. The van der Waals surface area contributed by atoms with Gasteiger partial charge in [-0.1, -0.05) is 12.8 Å². The predicted molar refractivity (Wildman–Crippen MR) is 61.8 cm³/mol. The van der Waals surface area contributed by atoms with E-state index in [1.165, 1.54) is 0 Å². The smallest absolute Gasteiger partial charge is 0.240 e. The molecule has 0 aromatic heterocycles. The Bertz CT molecular complexity index is 268. The van der Waals surface area contributed by atoms with Gasteiger partial charge in [-0.2, -0.15) is 0 Å². The molecule has 0 saturated heterocycles. The van der Waals surface area contributed by atoms with Crippen LogP contribution in [0.4, 0.5) is 0 Å². The Balaban J connectivity index is 1.84. The second-order valence-corrected chi connectivity index (χ2v) is 5.56. The van der Waals surface area contributed by atoms with Crippen LogP contribution < -0.4 is 11.1 Å². The Labute approximate surface area is 96.6 Å². The average Bonchev–Trinajstić information content (AvgIpc) is 2.72. The molecule has 2 fully saturated rings. The topological polar surface area (TPSA) is 75.4 Å². The van der Waals surface area contributed by atoms with Crippen molar-refractivity contribution in [1.29, 1.82) is 0 Å². The maximum atomic E-state index is 11.8. The number of rotatable bonds is 4. The first-order valence-electron chi connectivity index (χ1n) is 6.28. The minimum absolute atomic E-state index is 0.0292. The number of aliphatic hydroxyl groups is 1. The van der Waals surface area contributed by atoms with Crippen LogP contribution in [0.25, 0.3) is 0 Å². The van der Waals surface area contributed by atoms with Gasteiger partial charge in [-0.25, -0.2) is 0 Å². The number of hydrogen-bond acceptors (Lipinski definition) is 3. The van der Waals surface area contributed by atoms with E-state index in [4.69, 9.17) is 5.73 Å². The van der Waals surface area contributed by atoms with E-state index in [1.807, 2.05) is 0 Å². The van der Waals surface area contributed by atoms with Gasteiger partial charge in [0, 0.05) is 12.0 Å². The zero-order chi connectivity index (χ0) is 11.6. The minimum Gasteiger partial charge on any atom is -0.396 e. The summed E-state index contributed by atoms with van der Waals surface area (Å²) in [6.45, 7) is 0.756. The van der Waals surface area contributed by atoms with E-state index in [0.717, 1.165) is 44.9 Å². The largest absolute Gasteiger partial charge is 0.396 e. The molecule has 0 aromatic rings. The second-order valence-electron chi connectivity index (χ2n) is 5.56. The molecule has 2 saturated carbocycles. The van der Waals surface area contributed by atoms with Crippen LogP contribution in [-0.4, -0.2) is 29.7 Å². The second kappa shape index (κ2) is 4.34. The zero-order valence-electron chi connectivity index (χ0n) is 9.80. The van der Waals surface area contributed by atoms with Crippen molar-refractivity contribution in [2.75, 3.05) is 13.2 Å². The third-order valence-electron chi connectivity index (χ3n) is 4.32. The Morgan fingerprint density at radius 1 is 1.19 bits per heavy atom. The molecule has 2 rings (SSSR count). The monoisotopic (exact) mass is 226 g/mol. The fourth-order valence-corrected chi connectivity index (χ4v) is 2.74. The summed E-state index contributed by atoms with van der Waals surface area (Å²) in [5.41, 5.74) is 5.25. The van der Waals surface area contributed by atoms with Gasteiger partial charge in [0.25, 0.3) is 0 Å². The van der Waals surface area contributed by atoms with Gasteiger partial charge in [0.15, 0.2) is 0 Å². The number of hydrogen-bond donors (Lipinski definition) is 3. The number of carbonyl (C=O) groups excluding carboxylic acids is 1. The fourth-order valence-electron chi connectivity index (χ4n) is 2.74. The molecule has 0 bridgehead atoms. The molecular formula is C12H22N2O2. The van der Waals surface area contributed by atoms with E-state index >= 15 is 0 Å². The highest BCUT2D eigenvalue weighted by Gasteiger charge is 2.41. The minimum atomic E-state index is -0.616. The summed E-state index contributed by atoms with van der Waals surface area (Å²) < 4.78 is 0. The first-order valence-corrected chi connectivity index (χ1v) is 6.28. The number of carbonyl (C=O) groups is 1. The first kappa shape index (κ1) is 11.9. The van der Waals surface area contributed by atoms with Gasteiger partial charge in [0.1, 0.15) is 0 Å². The predicted octanol–water partition coefficient (Wildman–Crippen LogP) is 0.537. The Morgan fingerprint density at radius 2 is 1.81 bits per heavy atom. The van der Waals surface area contributed by atoms with Crippen LogP contribution in [0.5, 0.6) is 0 Å². The van der Waals surface area contributed by atoms with Gasteiger partial charge in [-0.05, 0) is 32.1 Å². The molecule has 2 aliphatic rings. The number of aliphatic hydroxyl groups excluding tert-OH is 1. The lowest BCUT2D eigenvalue weighted by atomic mass is 9.76. The zero-order valence-corrected chi connectivity index (χ0v) is 9.80. The highest BCUT2D eigenvalue weighted by molar-refractivity contribution is 5.87. The Hall–Kier alpha value is -0.610. The molecule has 0 radical (unpaired) electrons. The van der Waals surface area contributed by atoms with Gasteiger partial charge in [0.2, 0.25) is 5.91 Å². The molecule has 92 valence electrons. The van der Waals surface area contributed by atoms with Gasteiger partial charge in [-0.3, -0.25) is 4.79 Å². The van der Waals surface area contributed by atoms with E-state index < -0.39 is 5.54 Å². The van der Waals surface area contributed by atoms with Gasteiger partial charge < -0.3 is 16.2 Å². The van der Waals surface area contributed by atoms with Crippen molar-refractivity contribution in [1.82, 2.24) is 5.32 Å². The summed E-state index contributed by atoms with van der Waals surface area (Å²) in [7, 11) is 0. The summed E-state index contributed by atoms with van der Waals surface area (Å²) in [6, 6.07) is 0. The molecule has 4 heteroatoms. The van der Waals surface area contributed by atoms with Crippen molar-refractivity contribution in [2.45, 2.75) is 50.5 Å². The standard InChI is InChI=1S/C12H22N2O2/c13-12(6-3-7-12)10(16)14-8-11(9-15)4-1-2-5-11/h15H,1-9,13H2,(H,14,16). The van der Waals surface area contributed by atoms with E-state index in [-0.39, 0.29) is 17.9 Å². The van der Waals surface area contributed by atoms with Crippen molar-refractivity contribution in [3.05, 3.63) is 0 Å². The molecule has 2 aliphatic carbocycles. The van der Waals surface area contributed by atoms with E-state index in [1.54, 1.807) is 0 Å². The number of amides is 1. The Kier molecular flexibility index (Phi) is 3.22. The fraction of sp³-hybridized carbons (Fsp3) is 0.917. The lowest BCUT2D eigenvalue weighted by Gasteiger charge is -2.37. The molecule has 0 aromatic carbocycles. The summed E-state index contributed by atoms with van der Waals surface area (Å²) >= 11 is 0. The van der Waals surface area contributed by atoms with Crippen molar-refractivity contribution in [3.8, 4) is 0 Å². The van der Waals surface area contributed by atoms with Crippen LogP contribution >= 0.6 is 0 Å². The van der Waals surface area contributed by atoms with E-state index in [2.05, 4.69) is 5.32 Å². The summed E-state index contributed by atoms with van der Waals surface area (Å²) in [5.74, 6) is -0.0292. The third-order valence-corrected chi connectivity index (χ3v) is 4.32. The SMILES string of the molecule is NC1(C(=O)NCC2(CO)CCCC2)CCC1. The summed E-state index contributed by atoms with van der Waals surface area (Å²) in [6.07, 6.45) is 6.99. The van der Waals surface area contributed by atoms with Crippen molar-refractivity contribution < 1.29 is 9.90 Å². The quantitative estimate of drug-likeness (QED) is 0.655. The van der Waals surface area contributed by atoms with E-state index in [0.29, 0.717) is 6.54 Å². The molecule has 0 heterocycles. The molecule has 0 unspecified atom stereocenters. The number of nitrogens with one attached hydrogen (secondary N) is 1. The number of nitrogens with two attached hydrogens (primary N) is 1. The van der Waals surface area contributed by atoms with Crippen LogP contribution in [0.1, 0.15) is 44.9 Å². The summed E-state index contributed by atoms with van der Waals surface area (Å²) in [5, 5.41) is 12.4. The highest BCUT2D eigenvalue weighted by atomic mass is 16.3. The maximum absolute atomic E-state index is 11.8. The average molecular weight is 226 g/mol. The third kappa shape index (κ3) is 2.09. The molecule has 4 N–H and O–H groups in total. The van der Waals surface area contributed by atoms with Crippen LogP contribution in [0.3, 0.4) is 0 Å². The molecule has 16 heavy (non-hydrogen) atoms.